The van der Waals surface area contributed by atoms with Crippen molar-refractivity contribution in [3.63, 3.8) is 0 Å². The van der Waals surface area contributed by atoms with Gasteiger partial charge in [0.15, 0.2) is 0 Å². The van der Waals surface area contributed by atoms with E-state index in [2.05, 4.69) is 15.3 Å². The Morgan fingerprint density at radius 3 is 2.85 bits per heavy atom. The van der Waals surface area contributed by atoms with E-state index in [1.165, 1.54) is 11.9 Å². The van der Waals surface area contributed by atoms with Gasteiger partial charge in [-0.25, -0.2) is 9.97 Å². The maximum Gasteiger partial charge on any atom is 0.230 e. The first-order valence-corrected chi connectivity index (χ1v) is 7.39. The molecule has 104 valence electrons. The number of thioether (sulfide) groups is 1. The van der Waals surface area contributed by atoms with E-state index < -0.39 is 0 Å². The number of nitrogens with zero attached hydrogens (tertiary/aromatic N) is 2. The largest absolute Gasteiger partial charge is 0.347 e. The number of carbonyl (C=O) groups excluding carboxylic acids is 1. The molecule has 4 nitrogen and oxygen atoms in total. The smallest absolute Gasteiger partial charge is 0.230 e. The molecular formula is C15H17N3OS. The van der Waals surface area contributed by atoms with Crippen LogP contribution in [0, 0.1) is 6.92 Å². The lowest BCUT2D eigenvalue weighted by Gasteiger charge is -2.13. The lowest BCUT2D eigenvalue weighted by Crippen LogP contribution is -2.28. The molecule has 1 amide bonds. The van der Waals surface area contributed by atoms with Crippen LogP contribution in [0.5, 0.6) is 0 Å². The van der Waals surface area contributed by atoms with Gasteiger partial charge in [-0.05, 0) is 31.5 Å². The van der Waals surface area contributed by atoms with Gasteiger partial charge in [-0.2, -0.15) is 0 Å². The van der Waals surface area contributed by atoms with E-state index in [-0.39, 0.29) is 11.9 Å². The number of benzene rings is 1. The van der Waals surface area contributed by atoms with Crippen LogP contribution >= 0.6 is 11.8 Å². The first kappa shape index (κ1) is 14.5. The fraction of sp³-hybridized carbons (Fsp3) is 0.267. The van der Waals surface area contributed by atoms with Crippen molar-refractivity contribution >= 4 is 17.7 Å². The molecule has 20 heavy (non-hydrogen) atoms. The Morgan fingerprint density at radius 1 is 1.35 bits per heavy atom. The summed E-state index contributed by atoms with van der Waals surface area (Å²) < 4.78 is 0. The molecule has 0 saturated heterocycles. The van der Waals surface area contributed by atoms with E-state index >= 15 is 0 Å². The molecule has 0 aliphatic carbocycles. The van der Waals surface area contributed by atoms with E-state index in [0.717, 1.165) is 10.6 Å². The van der Waals surface area contributed by atoms with Gasteiger partial charge in [-0.1, -0.05) is 18.2 Å². The summed E-state index contributed by atoms with van der Waals surface area (Å²) in [7, 11) is 0. The van der Waals surface area contributed by atoms with Crippen molar-refractivity contribution in [3.05, 3.63) is 54.1 Å². The minimum atomic E-state index is -0.108. The van der Waals surface area contributed by atoms with Gasteiger partial charge in [0.25, 0.3) is 0 Å². The number of aromatic nitrogens is 2. The first-order chi connectivity index (χ1) is 9.66. The zero-order valence-corrected chi connectivity index (χ0v) is 12.4. The van der Waals surface area contributed by atoms with E-state index in [9.17, 15) is 4.79 Å². The van der Waals surface area contributed by atoms with Crippen LogP contribution in [0.1, 0.15) is 24.2 Å². The molecule has 0 bridgehead atoms. The maximum atomic E-state index is 11.9. The summed E-state index contributed by atoms with van der Waals surface area (Å²) in [5, 5.41) is 2.94. The Morgan fingerprint density at radius 2 is 2.15 bits per heavy atom. The average molecular weight is 287 g/mol. The first-order valence-electron chi connectivity index (χ1n) is 6.40. The van der Waals surface area contributed by atoms with Crippen LogP contribution in [-0.2, 0) is 4.79 Å². The molecule has 2 rings (SSSR count). The fourth-order valence-corrected chi connectivity index (χ4v) is 2.62. The van der Waals surface area contributed by atoms with Crippen molar-refractivity contribution in [3.8, 4) is 0 Å². The molecule has 0 aliphatic heterocycles. The Balaban J connectivity index is 1.86. The summed E-state index contributed by atoms with van der Waals surface area (Å²) >= 11 is 1.55. The Bertz CT molecular complexity index is 574. The number of amides is 1. The van der Waals surface area contributed by atoms with Crippen molar-refractivity contribution in [2.45, 2.75) is 24.8 Å². The number of aryl methyl sites for hydroxylation is 1. The van der Waals surface area contributed by atoms with E-state index in [0.29, 0.717) is 5.75 Å². The van der Waals surface area contributed by atoms with Gasteiger partial charge >= 0.3 is 0 Å². The molecule has 1 N–H and O–H groups in total. The highest BCUT2D eigenvalue weighted by atomic mass is 32.2. The standard InChI is InChI=1S/C15H17N3OS/c1-11-5-3-4-6-14(11)20-9-15(19)18-12(2)13-7-8-16-10-17-13/h3-8,10,12H,9H2,1-2H3,(H,18,19). The van der Waals surface area contributed by atoms with Crippen LogP contribution in [0.3, 0.4) is 0 Å². The minimum Gasteiger partial charge on any atom is -0.347 e. The topological polar surface area (TPSA) is 54.9 Å². The van der Waals surface area contributed by atoms with Crippen molar-refractivity contribution in [1.82, 2.24) is 15.3 Å². The SMILES string of the molecule is Cc1ccccc1SCC(=O)NC(C)c1ccncn1. The molecular weight excluding hydrogens is 270 g/mol. The summed E-state index contributed by atoms with van der Waals surface area (Å²) in [5.74, 6) is 0.407. The van der Waals surface area contributed by atoms with Crippen LogP contribution in [0.15, 0.2) is 47.8 Å². The molecule has 0 saturated carbocycles. The molecule has 0 spiro atoms. The summed E-state index contributed by atoms with van der Waals surface area (Å²) in [4.78, 5) is 21.1. The molecule has 1 unspecified atom stereocenters. The third-order valence-corrected chi connectivity index (χ3v) is 4.05. The predicted molar refractivity (Wildman–Crippen MR) is 80.5 cm³/mol. The van der Waals surface area contributed by atoms with Crippen LogP contribution in [0.2, 0.25) is 0 Å². The van der Waals surface area contributed by atoms with Crippen LogP contribution in [0.25, 0.3) is 0 Å². The van der Waals surface area contributed by atoms with E-state index in [4.69, 9.17) is 0 Å². The van der Waals surface area contributed by atoms with Crippen LogP contribution in [0.4, 0.5) is 0 Å². The summed E-state index contributed by atoms with van der Waals surface area (Å²) in [6, 6.07) is 9.75. The maximum absolute atomic E-state index is 11.9. The Labute approximate surface area is 123 Å². The van der Waals surface area contributed by atoms with Crippen molar-refractivity contribution in [2.24, 2.45) is 0 Å². The summed E-state index contributed by atoms with van der Waals surface area (Å²) in [6.07, 6.45) is 3.16. The second kappa shape index (κ2) is 7.05. The molecule has 0 radical (unpaired) electrons. The Kier molecular flexibility index (Phi) is 5.12. The van der Waals surface area contributed by atoms with Gasteiger partial charge in [0, 0.05) is 11.1 Å². The molecule has 1 aromatic heterocycles. The molecule has 1 heterocycles. The zero-order chi connectivity index (χ0) is 14.4. The molecule has 2 aromatic rings. The van der Waals surface area contributed by atoms with Crippen molar-refractivity contribution in [2.75, 3.05) is 5.75 Å². The highest BCUT2D eigenvalue weighted by Gasteiger charge is 2.11. The van der Waals surface area contributed by atoms with Gasteiger partial charge in [0.2, 0.25) is 5.91 Å². The zero-order valence-electron chi connectivity index (χ0n) is 11.5. The highest BCUT2D eigenvalue weighted by Crippen LogP contribution is 2.21. The van der Waals surface area contributed by atoms with Crippen molar-refractivity contribution < 1.29 is 4.79 Å². The molecule has 1 aromatic carbocycles. The average Bonchev–Trinajstić information content (AvgIpc) is 2.47. The molecule has 5 heteroatoms. The normalized spacial score (nSPS) is 11.9. The number of hydrogen-bond donors (Lipinski definition) is 1. The van der Waals surface area contributed by atoms with Gasteiger partial charge in [-0.15, -0.1) is 11.8 Å². The van der Waals surface area contributed by atoms with E-state index in [1.54, 1.807) is 24.0 Å². The van der Waals surface area contributed by atoms with Gasteiger partial charge in [0.1, 0.15) is 6.33 Å². The lowest BCUT2D eigenvalue weighted by atomic mass is 10.2. The van der Waals surface area contributed by atoms with Crippen molar-refractivity contribution in [1.29, 1.82) is 0 Å². The van der Waals surface area contributed by atoms with Gasteiger partial charge in [-0.3, -0.25) is 4.79 Å². The minimum absolute atomic E-state index is 0.00404. The predicted octanol–water partition coefficient (Wildman–Crippen LogP) is 2.75. The van der Waals surface area contributed by atoms with Crippen LogP contribution < -0.4 is 5.32 Å². The highest BCUT2D eigenvalue weighted by molar-refractivity contribution is 8.00. The molecule has 0 fully saturated rings. The van der Waals surface area contributed by atoms with Gasteiger partial charge in [0.05, 0.1) is 17.5 Å². The quantitative estimate of drug-likeness (QED) is 0.859. The second-order valence-corrected chi connectivity index (χ2v) is 5.49. The number of rotatable bonds is 5. The summed E-state index contributed by atoms with van der Waals surface area (Å²) in [6.45, 7) is 3.96. The van der Waals surface area contributed by atoms with Crippen LogP contribution in [-0.4, -0.2) is 21.6 Å². The molecule has 0 aliphatic rings. The monoisotopic (exact) mass is 287 g/mol. The second-order valence-electron chi connectivity index (χ2n) is 4.48. The summed E-state index contributed by atoms with van der Waals surface area (Å²) in [5.41, 5.74) is 2.00. The third kappa shape index (κ3) is 4.06. The lowest BCUT2D eigenvalue weighted by molar-refractivity contribution is -0.119. The fourth-order valence-electron chi connectivity index (χ4n) is 1.78. The molecule has 1 atom stereocenters. The third-order valence-electron chi connectivity index (χ3n) is 2.88. The van der Waals surface area contributed by atoms with Gasteiger partial charge < -0.3 is 5.32 Å². The van der Waals surface area contributed by atoms with E-state index in [1.807, 2.05) is 38.1 Å². The number of hydrogen-bond acceptors (Lipinski definition) is 4. The number of carbonyl (C=O) groups is 1. The number of nitrogens with one attached hydrogen (secondary N) is 1. The Hall–Kier alpha value is -1.88.